The van der Waals surface area contributed by atoms with Crippen molar-refractivity contribution in [1.29, 1.82) is 0 Å². The maximum Gasteiger partial charge on any atom is 0.229 e. The van der Waals surface area contributed by atoms with Crippen molar-refractivity contribution in [3.8, 4) is 0 Å². The fourth-order valence-electron chi connectivity index (χ4n) is 2.79. The molecule has 0 spiro atoms. The van der Waals surface area contributed by atoms with Crippen LogP contribution in [0.25, 0.3) is 0 Å². The zero-order valence-electron chi connectivity index (χ0n) is 14.3. The minimum Gasteiger partial charge on any atom is -0.368 e. The Balaban J connectivity index is 1.55. The minimum absolute atomic E-state index is 0.0429. The first kappa shape index (κ1) is 16.5. The molecule has 1 saturated heterocycles. The van der Waals surface area contributed by atoms with Gasteiger partial charge in [0.05, 0.1) is 18.3 Å². The summed E-state index contributed by atoms with van der Waals surface area (Å²) in [5.41, 5.74) is 3.31. The van der Waals surface area contributed by atoms with Gasteiger partial charge in [0.15, 0.2) is 0 Å². The second-order valence-corrected chi connectivity index (χ2v) is 6.40. The Kier molecular flexibility index (Phi) is 5.11. The largest absolute Gasteiger partial charge is 0.368 e. The number of hydrogen-bond donors (Lipinski definition) is 1. The van der Waals surface area contributed by atoms with E-state index in [0.29, 0.717) is 12.2 Å². The highest BCUT2D eigenvalue weighted by Crippen LogP contribution is 2.17. The molecule has 1 N–H and O–H groups in total. The summed E-state index contributed by atoms with van der Waals surface area (Å²) < 4.78 is 0. The summed E-state index contributed by atoms with van der Waals surface area (Å²) in [6, 6.07) is 11.9. The highest BCUT2D eigenvalue weighted by atomic mass is 16.1. The molecule has 1 aromatic carbocycles. The number of aryl methyl sites for hydroxylation is 1. The third-order valence-electron chi connectivity index (χ3n) is 4.37. The number of anilines is 2. The number of amides is 1. The number of likely N-dealkylation sites (N-methyl/N-ethyl adjacent to an activating group) is 1. The van der Waals surface area contributed by atoms with Crippen molar-refractivity contribution < 1.29 is 4.79 Å². The molecule has 1 aromatic heterocycles. The van der Waals surface area contributed by atoms with Crippen LogP contribution < -0.4 is 10.2 Å². The van der Waals surface area contributed by atoms with Gasteiger partial charge in [0.1, 0.15) is 5.82 Å². The third kappa shape index (κ3) is 4.32. The molecule has 0 aliphatic carbocycles. The lowest BCUT2D eigenvalue weighted by atomic mass is 10.1. The monoisotopic (exact) mass is 324 g/mol. The van der Waals surface area contributed by atoms with Crippen molar-refractivity contribution in [1.82, 2.24) is 9.88 Å². The summed E-state index contributed by atoms with van der Waals surface area (Å²) >= 11 is 0. The van der Waals surface area contributed by atoms with Gasteiger partial charge in [0, 0.05) is 26.2 Å². The number of benzene rings is 1. The van der Waals surface area contributed by atoms with Gasteiger partial charge in [-0.05, 0) is 31.7 Å². The van der Waals surface area contributed by atoms with Gasteiger partial charge in [-0.1, -0.05) is 29.8 Å². The van der Waals surface area contributed by atoms with Crippen LogP contribution >= 0.6 is 0 Å². The highest BCUT2D eigenvalue weighted by Gasteiger charge is 2.14. The van der Waals surface area contributed by atoms with Gasteiger partial charge in [0.25, 0.3) is 0 Å². The standard InChI is InChI=1S/C19H24N4O/c1-15-3-5-16(6-4-15)13-19(24)21-18-8-7-17(14-20-18)23-11-9-22(2)10-12-23/h3-8,14H,9-13H2,1-2H3,(H,20,21,24). The predicted molar refractivity (Wildman–Crippen MR) is 97.5 cm³/mol. The first-order valence-corrected chi connectivity index (χ1v) is 8.35. The quantitative estimate of drug-likeness (QED) is 0.938. The van der Waals surface area contributed by atoms with Crippen molar-refractivity contribution in [3.05, 3.63) is 53.7 Å². The van der Waals surface area contributed by atoms with Crippen LogP contribution in [0.1, 0.15) is 11.1 Å². The van der Waals surface area contributed by atoms with Gasteiger partial charge in [-0.2, -0.15) is 0 Å². The molecule has 5 nitrogen and oxygen atoms in total. The van der Waals surface area contributed by atoms with Crippen LogP contribution in [0, 0.1) is 6.92 Å². The first-order valence-electron chi connectivity index (χ1n) is 8.35. The molecule has 0 saturated carbocycles. The molecule has 1 amide bonds. The van der Waals surface area contributed by atoms with E-state index in [0.717, 1.165) is 37.4 Å². The van der Waals surface area contributed by atoms with Gasteiger partial charge in [-0.3, -0.25) is 4.79 Å². The van der Waals surface area contributed by atoms with E-state index in [9.17, 15) is 4.79 Å². The topological polar surface area (TPSA) is 48.5 Å². The molecule has 1 fully saturated rings. The molecule has 1 aliphatic heterocycles. The molecule has 0 unspecified atom stereocenters. The van der Waals surface area contributed by atoms with E-state index >= 15 is 0 Å². The van der Waals surface area contributed by atoms with Gasteiger partial charge in [0.2, 0.25) is 5.91 Å². The molecule has 24 heavy (non-hydrogen) atoms. The fraction of sp³-hybridized carbons (Fsp3) is 0.368. The van der Waals surface area contributed by atoms with Gasteiger partial charge in [-0.15, -0.1) is 0 Å². The molecule has 2 aromatic rings. The number of rotatable bonds is 4. The van der Waals surface area contributed by atoms with Crippen molar-refractivity contribution in [2.45, 2.75) is 13.3 Å². The van der Waals surface area contributed by atoms with Crippen molar-refractivity contribution in [2.75, 3.05) is 43.4 Å². The molecule has 3 rings (SSSR count). The Hall–Kier alpha value is -2.40. The summed E-state index contributed by atoms with van der Waals surface area (Å²) in [5, 5.41) is 2.87. The van der Waals surface area contributed by atoms with Gasteiger partial charge >= 0.3 is 0 Å². The van der Waals surface area contributed by atoms with Crippen LogP contribution in [0.4, 0.5) is 11.5 Å². The van der Waals surface area contributed by atoms with Crippen LogP contribution in [-0.2, 0) is 11.2 Å². The van der Waals surface area contributed by atoms with Crippen LogP contribution in [0.3, 0.4) is 0 Å². The van der Waals surface area contributed by atoms with E-state index in [-0.39, 0.29) is 5.91 Å². The number of piperazine rings is 1. The molecular weight excluding hydrogens is 300 g/mol. The maximum absolute atomic E-state index is 12.1. The zero-order valence-corrected chi connectivity index (χ0v) is 14.3. The lowest BCUT2D eigenvalue weighted by Crippen LogP contribution is -2.44. The predicted octanol–water partition coefficient (Wildman–Crippen LogP) is 2.32. The smallest absolute Gasteiger partial charge is 0.229 e. The molecule has 0 radical (unpaired) electrons. The Labute approximate surface area is 143 Å². The molecule has 2 heterocycles. The summed E-state index contributed by atoms with van der Waals surface area (Å²) in [7, 11) is 2.14. The summed E-state index contributed by atoms with van der Waals surface area (Å²) in [4.78, 5) is 21.2. The number of nitrogens with one attached hydrogen (secondary N) is 1. The SMILES string of the molecule is Cc1ccc(CC(=O)Nc2ccc(N3CCN(C)CC3)cn2)cc1. The summed E-state index contributed by atoms with van der Waals surface area (Å²) in [6.45, 7) is 6.19. The third-order valence-corrected chi connectivity index (χ3v) is 4.37. The Morgan fingerprint density at radius 2 is 1.79 bits per heavy atom. The number of carbonyl (C=O) groups excluding carboxylic acids is 1. The summed E-state index contributed by atoms with van der Waals surface area (Å²) in [5.74, 6) is 0.559. The van der Waals surface area contributed by atoms with Crippen molar-refractivity contribution in [2.24, 2.45) is 0 Å². The number of nitrogens with zero attached hydrogens (tertiary/aromatic N) is 3. The Bertz CT molecular complexity index is 674. The van der Waals surface area contributed by atoms with Crippen LogP contribution in [0.15, 0.2) is 42.6 Å². The summed E-state index contributed by atoms with van der Waals surface area (Å²) in [6.07, 6.45) is 2.20. The number of aromatic nitrogens is 1. The lowest BCUT2D eigenvalue weighted by molar-refractivity contribution is -0.115. The van der Waals surface area contributed by atoms with Crippen LogP contribution in [0.5, 0.6) is 0 Å². The van der Waals surface area contributed by atoms with E-state index in [2.05, 4.69) is 27.1 Å². The number of carbonyl (C=O) groups is 1. The zero-order chi connectivity index (χ0) is 16.9. The Morgan fingerprint density at radius 1 is 1.08 bits per heavy atom. The van der Waals surface area contributed by atoms with E-state index in [1.54, 1.807) is 0 Å². The average molecular weight is 324 g/mol. The van der Waals surface area contributed by atoms with Crippen LogP contribution in [-0.4, -0.2) is 49.0 Å². The van der Waals surface area contributed by atoms with Crippen molar-refractivity contribution in [3.63, 3.8) is 0 Å². The first-order chi connectivity index (χ1) is 11.6. The van der Waals surface area contributed by atoms with Crippen molar-refractivity contribution >= 4 is 17.4 Å². The molecule has 0 bridgehead atoms. The lowest BCUT2D eigenvalue weighted by Gasteiger charge is -2.33. The van der Waals surface area contributed by atoms with Gasteiger partial charge in [-0.25, -0.2) is 4.98 Å². The number of hydrogen-bond acceptors (Lipinski definition) is 4. The molecule has 0 atom stereocenters. The minimum atomic E-state index is -0.0429. The Morgan fingerprint density at radius 3 is 2.42 bits per heavy atom. The second-order valence-electron chi connectivity index (χ2n) is 6.40. The average Bonchev–Trinajstić information content (AvgIpc) is 2.58. The van der Waals surface area contributed by atoms with E-state index in [1.165, 1.54) is 5.56 Å². The normalized spacial score (nSPS) is 15.3. The fourth-order valence-corrected chi connectivity index (χ4v) is 2.79. The molecular formula is C19H24N4O. The van der Waals surface area contributed by atoms with Crippen LogP contribution in [0.2, 0.25) is 0 Å². The second kappa shape index (κ2) is 7.45. The molecule has 126 valence electrons. The highest BCUT2D eigenvalue weighted by molar-refractivity contribution is 5.91. The van der Waals surface area contributed by atoms with E-state index in [4.69, 9.17) is 0 Å². The van der Waals surface area contributed by atoms with Gasteiger partial charge < -0.3 is 15.1 Å². The maximum atomic E-state index is 12.1. The van der Waals surface area contributed by atoms with E-state index < -0.39 is 0 Å². The van der Waals surface area contributed by atoms with E-state index in [1.807, 2.05) is 49.5 Å². The number of pyridine rings is 1. The molecule has 5 heteroatoms. The molecule has 1 aliphatic rings.